The Morgan fingerprint density at radius 1 is 1.67 bits per heavy atom. The van der Waals surface area contributed by atoms with Gasteiger partial charge in [-0.1, -0.05) is 0 Å². The van der Waals surface area contributed by atoms with Crippen LogP contribution in [0.4, 0.5) is 5.69 Å². The van der Waals surface area contributed by atoms with Gasteiger partial charge in [-0.05, 0) is 24.8 Å². The molecule has 1 fully saturated rings. The van der Waals surface area contributed by atoms with Crippen molar-refractivity contribution in [2.75, 3.05) is 0 Å². The van der Waals surface area contributed by atoms with Gasteiger partial charge in [-0.2, -0.15) is 0 Å². The third kappa shape index (κ3) is 2.45. The van der Waals surface area contributed by atoms with Gasteiger partial charge >= 0.3 is 0 Å². The molecule has 0 amide bonds. The fourth-order valence-corrected chi connectivity index (χ4v) is 1.96. The van der Waals surface area contributed by atoms with E-state index in [1.807, 2.05) is 0 Å². The second-order valence-corrected chi connectivity index (χ2v) is 4.34. The van der Waals surface area contributed by atoms with Crippen LogP contribution < -0.4 is 0 Å². The summed E-state index contributed by atoms with van der Waals surface area (Å²) in [4.78, 5) is 14.3. The van der Waals surface area contributed by atoms with Crippen LogP contribution in [0.15, 0.2) is 18.3 Å². The van der Waals surface area contributed by atoms with Crippen LogP contribution in [0.3, 0.4) is 0 Å². The number of rotatable bonds is 4. The molecule has 5 heteroatoms. The molecule has 0 aromatic carbocycles. The van der Waals surface area contributed by atoms with Crippen LogP contribution >= 0.6 is 11.6 Å². The average Bonchev–Trinajstić information content (AvgIpc) is 3.01. The zero-order valence-electron chi connectivity index (χ0n) is 8.10. The van der Waals surface area contributed by atoms with Gasteiger partial charge in [0, 0.05) is 24.1 Å². The van der Waals surface area contributed by atoms with Crippen molar-refractivity contribution in [1.82, 2.24) is 4.98 Å². The minimum Gasteiger partial charge on any atom is -0.258 e. The van der Waals surface area contributed by atoms with Crippen LogP contribution in [0.5, 0.6) is 0 Å². The van der Waals surface area contributed by atoms with Crippen molar-refractivity contribution in [2.45, 2.75) is 24.6 Å². The Morgan fingerprint density at radius 2 is 2.40 bits per heavy atom. The summed E-state index contributed by atoms with van der Waals surface area (Å²) in [5, 5.41) is 10.7. The summed E-state index contributed by atoms with van der Waals surface area (Å²) in [6, 6.07) is 3.04. The highest BCUT2D eigenvalue weighted by atomic mass is 35.5. The van der Waals surface area contributed by atoms with Crippen LogP contribution in [-0.4, -0.2) is 15.3 Å². The van der Waals surface area contributed by atoms with Crippen molar-refractivity contribution >= 4 is 17.3 Å². The summed E-state index contributed by atoms with van der Waals surface area (Å²) in [6.45, 7) is 0. The largest absolute Gasteiger partial charge is 0.290 e. The number of nitrogens with zero attached hydrogens (tertiary/aromatic N) is 2. The highest BCUT2D eigenvalue weighted by molar-refractivity contribution is 6.21. The minimum atomic E-state index is -0.404. The fourth-order valence-electron chi connectivity index (χ4n) is 1.56. The van der Waals surface area contributed by atoms with Crippen LogP contribution in [-0.2, 0) is 6.42 Å². The SMILES string of the molecule is O=[N+]([O-])c1cccnc1CC(Cl)C1CC1. The van der Waals surface area contributed by atoms with Gasteiger partial charge in [0.1, 0.15) is 5.69 Å². The maximum absolute atomic E-state index is 10.7. The Bertz CT molecular complexity index is 379. The van der Waals surface area contributed by atoms with Crippen LogP contribution in [0, 0.1) is 16.0 Å². The summed E-state index contributed by atoms with van der Waals surface area (Å²) in [6.07, 6.45) is 4.33. The molecule has 1 heterocycles. The van der Waals surface area contributed by atoms with Gasteiger partial charge in [0.05, 0.1) is 4.92 Å². The highest BCUT2D eigenvalue weighted by Gasteiger charge is 2.31. The topological polar surface area (TPSA) is 56.0 Å². The molecule has 0 bridgehead atoms. The molecule has 1 aliphatic rings. The first kappa shape index (κ1) is 10.4. The van der Waals surface area contributed by atoms with Crippen molar-refractivity contribution < 1.29 is 4.92 Å². The van der Waals surface area contributed by atoms with E-state index in [4.69, 9.17) is 11.6 Å². The van der Waals surface area contributed by atoms with E-state index in [2.05, 4.69) is 4.98 Å². The molecule has 15 heavy (non-hydrogen) atoms. The third-order valence-electron chi connectivity index (χ3n) is 2.58. The lowest BCUT2D eigenvalue weighted by molar-refractivity contribution is -0.385. The third-order valence-corrected chi connectivity index (χ3v) is 3.10. The molecule has 1 aromatic heterocycles. The molecule has 0 aliphatic heterocycles. The molecule has 1 saturated carbocycles. The minimum absolute atomic E-state index is 0.0152. The van der Waals surface area contributed by atoms with Crippen molar-refractivity contribution in [3.8, 4) is 0 Å². The standard InChI is InChI=1S/C10H11ClN2O2/c11-8(7-3-4-7)6-9-10(13(14)15)2-1-5-12-9/h1-2,5,7-8H,3-4,6H2. The molecule has 4 nitrogen and oxygen atoms in total. The van der Waals surface area contributed by atoms with Crippen molar-refractivity contribution in [1.29, 1.82) is 0 Å². The number of hydrogen-bond donors (Lipinski definition) is 0. The normalized spacial score (nSPS) is 17.4. The molecule has 0 radical (unpaired) electrons. The van der Waals surface area contributed by atoms with Gasteiger partial charge in [-0.3, -0.25) is 15.1 Å². The molecule has 2 rings (SSSR count). The number of hydrogen-bond acceptors (Lipinski definition) is 3. The van der Waals surface area contributed by atoms with Crippen molar-refractivity contribution in [3.63, 3.8) is 0 Å². The second-order valence-electron chi connectivity index (χ2n) is 3.78. The van der Waals surface area contributed by atoms with Crippen LogP contribution in [0.2, 0.25) is 0 Å². The molecule has 1 atom stereocenters. The summed E-state index contributed by atoms with van der Waals surface area (Å²) in [5.74, 6) is 0.522. The number of pyridine rings is 1. The first-order chi connectivity index (χ1) is 7.18. The lowest BCUT2D eigenvalue weighted by Crippen LogP contribution is -2.09. The van der Waals surface area contributed by atoms with Crippen molar-refractivity contribution in [3.05, 3.63) is 34.1 Å². The summed E-state index contributed by atoms with van der Waals surface area (Å²) < 4.78 is 0. The summed E-state index contributed by atoms with van der Waals surface area (Å²) in [7, 11) is 0. The smallest absolute Gasteiger partial charge is 0.258 e. The Morgan fingerprint density at radius 3 is 3.00 bits per heavy atom. The maximum Gasteiger partial charge on any atom is 0.290 e. The van der Waals surface area contributed by atoms with Crippen LogP contribution in [0.1, 0.15) is 18.5 Å². The Hall–Kier alpha value is -1.16. The lowest BCUT2D eigenvalue weighted by atomic mass is 10.1. The molecule has 0 saturated heterocycles. The average molecular weight is 227 g/mol. The maximum atomic E-state index is 10.7. The molecular weight excluding hydrogens is 216 g/mol. The Labute approximate surface area is 92.4 Å². The first-order valence-corrected chi connectivity index (χ1v) is 5.34. The van der Waals surface area contributed by atoms with E-state index in [9.17, 15) is 10.1 Å². The van der Waals surface area contributed by atoms with E-state index in [1.54, 1.807) is 12.3 Å². The highest BCUT2D eigenvalue weighted by Crippen LogP contribution is 2.37. The van der Waals surface area contributed by atoms with E-state index in [0.29, 0.717) is 18.0 Å². The van der Waals surface area contributed by atoms with E-state index in [1.165, 1.54) is 6.07 Å². The molecule has 1 unspecified atom stereocenters. The van der Waals surface area contributed by atoms with Crippen LogP contribution in [0.25, 0.3) is 0 Å². The summed E-state index contributed by atoms with van der Waals surface area (Å²) in [5.41, 5.74) is 0.568. The molecule has 80 valence electrons. The van der Waals surface area contributed by atoms with Gasteiger partial charge < -0.3 is 0 Å². The monoisotopic (exact) mass is 226 g/mol. The number of alkyl halides is 1. The molecule has 1 aliphatic carbocycles. The zero-order valence-corrected chi connectivity index (χ0v) is 8.85. The van der Waals surface area contributed by atoms with Gasteiger partial charge in [0.25, 0.3) is 5.69 Å². The quantitative estimate of drug-likeness (QED) is 0.450. The van der Waals surface area contributed by atoms with E-state index >= 15 is 0 Å². The predicted octanol–water partition coefficient (Wildman–Crippen LogP) is 2.55. The van der Waals surface area contributed by atoms with E-state index in [0.717, 1.165) is 12.8 Å². The van der Waals surface area contributed by atoms with Crippen molar-refractivity contribution in [2.24, 2.45) is 5.92 Å². The lowest BCUT2D eigenvalue weighted by Gasteiger charge is -2.06. The summed E-state index contributed by atoms with van der Waals surface area (Å²) >= 11 is 6.13. The number of halogens is 1. The second kappa shape index (κ2) is 4.14. The van der Waals surface area contributed by atoms with Gasteiger partial charge in [-0.25, -0.2) is 0 Å². The van der Waals surface area contributed by atoms with E-state index in [-0.39, 0.29) is 11.1 Å². The fraction of sp³-hybridized carbons (Fsp3) is 0.500. The Balaban J connectivity index is 2.15. The Kier molecular flexibility index (Phi) is 2.86. The zero-order chi connectivity index (χ0) is 10.8. The van der Waals surface area contributed by atoms with Gasteiger partial charge in [0.15, 0.2) is 0 Å². The predicted molar refractivity (Wildman–Crippen MR) is 57.0 cm³/mol. The molecular formula is C10H11ClN2O2. The van der Waals surface area contributed by atoms with Gasteiger partial charge in [-0.15, -0.1) is 11.6 Å². The molecule has 1 aromatic rings. The molecule has 0 spiro atoms. The number of nitro groups is 1. The van der Waals surface area contributed by atoms with E-state index < -0.39 is 4.92 Å². The molecule has 0 N–H and O–H groups in total. The number of aromatic nitrogens is 1. The first-order valence-electron chi connectivity index (χ1n) is 4.91. The van der Waals surface area contributed by atoms with Gasteiger partial charge in [0.2, 0.25) is 0 Å².